The molecule has 9 heteroatoms. The van der Waals surface area contributed by atoms with Crippen LogP contribution in [0.25, 0.3) is 0 Å². The summed E-state index contributed by atoms with van der Waals surface area (Å²) in [5.41, 5.74) is 9.51. The third kappa shape index (κ3) is 5.23. The number of nitrogens with zero attached hydrogens (tertiary/aromatic N) is 4. The SMILES string of the molecule is COc1cc(NN)ccc1C(=O)N1CCC(N2Cc3cnc(Nc4cc(C)cc(C)c4)nc3C2)C(C)C1. The molecule has 3 heterocycles. The zero-order chi connectivity index (χ0) is 26.1. The lowest BCUT2D eigenvalue weighted by Crippen LogP contribution is -2.50. The summed E-state index contributed by atoms with van der Waals surface area (Å²) in [7, 11) is 1.57. The van der Waals surface area contributed by atoms with Gasteiger partial charge in [-0.1, -0.05) is 13.0 Å². The number of aryl methyl sites for hydroxylation is 2. The minimum atomic E-state index is -0.0107. The van der Waals surface area contributed by atoms with Crippen molar-refractivity contribution < 1.29 is 9.53 Å². The van der Waals surface area contributed by atoms with Crippen LogP contribution in [-0.2, 0) is 13.1 Å². The molecule has 0 radical (unpaired) electrons. The zero-order valence-corrected chi connectivity index (χ0v) is 21.9. The van der Waals surface area contributed by atoms with Crippen LogP contribution in [0.1, 0.15) is 46.1 Å². The first-order valence-corrected chi connectivity index (χ1v) is 12.7. The number of nitrogens with two attached hydrogens (primary N) is 1. The quantitative estimate of drug-likeness (QED) is 0.344. The van der Waals surface area contributed by atoms with Gasteiger partial charge in [-0.15, -0.1) is 0 Å². The molecule has 1 amide bonds. The number of amides is 1. The van der Waals surface area contributed by atoms with E-state index in [4.69, 9.17) is 15.6 Å². The van der Waals surface area contributed by atoms with Gasteiger partial charge in [0.15, 0.2) is 0 Å². The Labute approximate surface area is 218 Å². The number of nitrogen functional groups attached to an aromatic ring is 1. The second-order valence-corrected chi connectivity index (χ2v) is 10.2. The van der Waals surface area contributed by atoms with Gasteiger partial charge >= 0.3 is 0 Å². The highest BCUT2D eigenvalue weighted by molar-refractivity contribution is 5.97. The van der Waals surface area contributed by atoms with E-state index in [0.29, 0.717) is 48.0 Å². The average molecular weight is 502 g/mol. The van der Waals surface area contributed by atoms with Crippen molar-refractivity contribution >= 4 is 23.2 Å². The average Bonchev–Trinajstić information content (AvgIpc) is 3.30. The van der Waals surface area contributed by atoms with Gasteiger partial charge in [-0.25, -0.2) is 9.97 Å². The molecule has 0 spiro atoms. The van der Waals surface area contributed by atoms with E-state index < -0.39 is 0 Å². The van der Waals surface area contributed by atoms with Crippen LogP contribution in [0.3, 0.4) is 0 Å². The van der Waals surface area contributed by atoms with E-state index in [1.807, 2.05) is 11.1 Å². The molecule has 5 rings (SSSR count). The van der Waals surface area contributed by atoms with Crippen molar-refractivity contribution in [3.8, 4) is 5.75 Å². The molecule has 194 valence electrons. The topological polar surface area (TPSA) is 109 Å². The van der Waals surface area contributed by atoms with Crippen LogP contribution < -0.4 is 21.3 Å². The summed E-state index contributed by atoms with van der Waals surface area (Å²) in [6, 6.07) is 12.0. The standard InChI is InChI=1S/C28H35N7O2/c1-17-9-18(2)11-22(10-17)31-28-30-13-20-15-35(16-24(20)32-28)25-7-8-34(14-19(25)3)27(36)23-6-5-21(33-29)12-26(23)37-4/h5-6,9-13,19,25,33H,7-8,14-16,29H2,1-4H3,(H,30,31,32). The number of methoxy groups -OCH3 is 1. The highest BCUT2D eigenvalue weighted by atomic mass is 16.5. The molecule has 9 nitrogen and oxygen atoms in total. The third-order valence-corrected chi connectivity index (χ3v) is 7.37. The van der Waals surface area contributed by atoms with Crippen molar-refractivity contribution in [2.24, 2.45) is 11.8 Å². The number of likely N-dealkylation sites (tertiary alicyclic amines) is 1. The highest BCUT2D eigenvalue weighted by Crippen LogP contribution is 2.32. The summed E-state index contributed by atoms with van der Waals surface area (Å²) >= 11 is 0. The number of rotatable bonds is 6. The Bertz CT molecular complexity index is 1290. The van der Waals surface area contributed by atoms with Gasteiger partial charge in [-0.05, 0) is 61.6 Å². The maximum absolute atomic E-state index is 13.3. The molecule has 0 saturated carbocycles. The van der Waals surface area contributed by atoms with Crippen LogP contribution in [0, 0.1) is 19.8 Å². The Morgan fingerprint density at radius 2 is 1.89 bits per heavy atom. The zero-order valence-electron chi connectivity index (χ0n) is 21.9. The molecule has 1 saturated heterocycles. The molecule has 2 aromatic carbocycles. The van der Waals surface area contributed by atoms with E-state index in [1.54, 1.807) is 25.3 Å². The van der Waals surface area contributed by atoms with Gasteiger partial charge in [-0.3, -0.25) is 15.5 Å². The smallest absolute Gasteiger partial charge is 0.257 e. The van der Waals surface area contributed by atoms with Crippen LogP contribution in [-0.4, -0.2) is 51.9 Å². The molecular formula is C28H35N7O2. The Hall–Kier alpha value is -3.69. The van der Waals surface area contributed by atoms with Crippen molar-refractivity contribution in [1.82, 2.24) is 19.8 Å². The van der Waals surface area contributed by atoms with E-state index in [2.05, 4.69) is 59.6 Å². The molecule has 3 aromatic rings. The summed E-state index contributed by atoms with van der Waals surface area (Å²) < 4.78 is 5.45. The highest BCUT2D eigenvalue weighted by Gasteiger charge is 2.36. The molecule has 2 aliphatic heterocycles. The van der Waals surface area contributed by atoms with Gasteiger partial charge in [-0.2, -0.15) is 0 Å². The molecule has 2 aliphatic rings. The fraction of sp³-hybridized carbons (Fsp3) is 0.393. The fourth-order valence-corrected chi connectivity index (χ4v) is 5.64. The molecule has 0 aliphatic carbocycles. The van der Waals surface area contributed by atoms with Crippen LogP contribution in [0.4, 0.5) is 17.3 Å². The Kier molecular flexibility index (Phi) is 6.99. The lowest BCUT2D eigenvalue weighted by atomic mass is 9.92. The number of nitrogens with one attached hydrogen (secondary N) is 2. The summed E-state index contributed by atoms with van der Waals surface area (Å²) in [5.74, 6) is 6.97. The molecule has 1 aromatic heterocycles. The maximum Gasteiger partial charge on any atom is 0.257 e. The lowest BCUT2D eigenvalue weighted by Gasteiger charge is -2.41. The number of carbonyl (C=O) groups excluding carboxylic acids is 1. The van der Waals surface area contributed by atoms with Crippen LogP contribution in [0.5, 0.6) is 5.75 Å². The Balaban J connectivity index is 1.23. The molecule has 0 bridgehead atoms. The van der Waals surface area contributed by atoms with E-state index in [0.717, 1.165) is 30.9 Å². The maximum atomic E-state index is 13.3. The number of benzene rings is 2. The predicted molar refractivity (Wildman–Crippen MR) is 145 cm³/mol. The van der Waals surface area contributed by atoms with Gasteiger partial charge < -0.3 is 20.4 Å². The first kappa shape index (κ1) is 25.0. The minimum Gasteiger partial charge on any atom is -0.496 e. The van der Waals surface area contributed by atoms with E-state index in [9.17, 15) is 4.79 Å². The van der Waals surface area contributed by atoms with E-state index >= 15 is 0 Å². The largest absolute Gasteiger partial charge is 0.496 e. The molecule has 1 fully saturated rings. The monoisotopic (exact) mass is 501 g/mol. The van der Waals surface area contributed by atoms with Crippen molar-refractivity contribution in [2.45, 2.75) is 46.3 Å². The summed E-state index contributed by atoms with van der Waals surface area (Å²) in [4.78, 5) is 27.1. The summed E-state index contributed by atoms with van der Waals surface area (Å²) in [5, 5.41) is 3.36. The van der Waals surface area contributed by atoms with Crippen molar-refractivity contribution in [3.05, 3.63) is 70.5 Å². The number of hydrazine groups is 1. The first-order valence-electron chi connectivity index (χ1n) is 12.7. The normalized spacial score (nSPS) is 19.4. The van der Waals surface area contributed by atoms with Gasteiger partial charge in [0.25, 0.3) is 5.91 Å². The summed E-state index contributed by atoms with van der Waals surface area (Å²) in [6.45, 7) is 9.43. The number of carbonyl (C=O) groups is 1. The number of hydrogen-bond donors (Lipinski definition) is 3. The van der Waals surface area contributed by atoms with Gasteiger partial charge in [0.2, 0.25) is 5.95 Å². The molecule has 4 N–H and O–H groups in total. The fourth-order valence-electron chi connectivity index (χ4n) is 5.64. The Morgan fingerprint density at radius 1 is 1.11 bits per heavy atom. The number of fused-ring (bicyclic) bond motifs is 1. The lowest BCUT2D eigenvalue weighted by molar-refractivity contribution is 0.0442. The van der Waals surface area contributed by atoms with Gasteiger partial charge in [0.05, 0.1) is 24.1 Å². The number of ether oxygens (including phenoxy) is 1. The van der Waals surface area contributed by atoms with Gasteiger partial charge in [0.1, 0.15) is 5.75 Å². The molecule has 2 atom stereocenters. The number of anilines is 3. The second kappa shape index (κ2) is 10.4. The number of aromatic nitrogens is 2. The molecular weight excluding hydrogens is 466 g/mol. The van der Waals surface area contributed by atoms with Crippen molar-refractivity contribution in [2.75, 3.05) is 30.9 Å². The minimum absolute atomic E-state index is 0.0107. The molecule has 2 unspecified atom stereocenters. The molecule has 37 heavy (non-hydrogen) atoms. The van der Waals surface area contributed by atoms with E-state index in [-0.39, 0.29) is 5.91 Å². The van der Waals surface area contributed by atoms with Crippen LogP contribution in [0.15, 0.2) is 42.6 Å². The number of piperidine rings is 1. The van der Waals surface area contributed by atoms with Crippen molar-refractivity contribution in [3.63, 3.8) is 0 Å². The van der Waals surface area contributed by atoms with Crippen LogP contribution in [0.2, 0.25) is 0 Å². The number of hydrogen-bond acceptors (Lipinski definition) is 8. The van der Waals surface area contributed by atoms with E-state index in [1.165, 1.54) is 16.7 Å². The first-order chi connectivity index (χ1) is 17.8. The second-order valence-electron chi connectivity index (χ2n) is 10.2. The predicted octanol–water partition coefficient (Wildman–Crippen LogP) is 4.00. The van der Waals surface area contributed by atoms with Gasteiger partial charge in [0, 0.05) is 55.7 Å². The summed E-state index contributed by atoms with van der Waals surface area (Å²) in [6.07, 6.45) is 2.86. The Morgan fingerprint density at radius 3 is 2.59 bits per heavy atom. The third-order valence-electron chi connectivity index (χ3n) is 7.37. The van der Waals surface area contributed by atoms with Crippen LogP contribution >= 0.6 is 0 Å². The van der Waals surface area contributed by atoms with Crippen molar-refractivity contribution in [1.29, 1.82) is 0 Å².